The van der Waals surface area contributed by atoms with Crippen molar-refractivity contribution in [2.45, 2.75) is 27.2 Å². The second-order valence-electron chi connectivity index (χ2n) is 5.80. The number of nitrogens with zero attached hydrogens (tertiary/aromatic N) is 5. The summed E-state index contributed by atoms with van der Waals surface area (Å²) in [6.07, 6.45) is 2.66. The van der Waals surface area contributed by atoms with E-state index in [0.717, 1.165) is 23.2 Å². The molecule has 0 saturated heterocycles. The lowest BCUT2D eigenvalue weighted by Crippen LogP contribution is -2.21. The van der Waals surface area contributed by atoms with E-state index in [2.05, 4.69) is 22.0 Å². The SMILES string of the molecule is CCc1ccccc1-n1ccc2c(c(C)nc3nc(C)nn32)c1=O. The summed E-state index contributed by atoms with van der Waals surface area (Å²) < 4.78 is 3.32. The van der Waals surface area contributed by atoms with Crippen molar-refractivity contribution in [1.29, 1.82) is 0 Å². The van der Waals surface area contributed by atoms with Crippen molar-refractivity contribution in [2.75, 3.05) is 0 Å². The van der Waals surface area contributed by atoms with Crippen LogP contribution >= 0.6 is 0 Å². The lowest BCUT2D eigenvalue weighted by Gasteiger charge is -2.12. The maximum absolute atomic E-state index is 13.1. The molecule has 3 aromatic heterocycles. The largest absolute Gasteiger partial charge is 0.283 e. The molecule has 0 aliphatic rings. The number of para-hydroxylation sites is 1. The predicted molar refractivity (Wildman–Crippen MR) is 92.7 cm³/mol. The minimum absolute atomic E-state index is 0.0894. The Morgan fingerprint density at radius 3 is 2.67 bits per heavy atom. The summed E-state index contributed by atoms with van der Waals surface area (Å²) in [5.41, 5.74) is 3.34. The molecule has 0 aliphatic heterocycles. The monoisotopic (exact) mass is 319 g/mol. The van der Waals surface area contributed by atoms with Gasteiger partial charge in [0, 0.05) is 6.20 Å². The summed E-state index contributed by atoms with van der Waals surface area (Å²) in [6, 6.07) is 9.84. The van der Waals surface area contributed by atoms with Crippen LogP contribution in [0.3, 0.4) is 0 Å². The highest BCUT2D eigenvalue weighted by Crippen LogP contribution is 2.18. The smallest absolute Gasteiger partial charge is 0.266 e. The maximum Gasteiger partial charge on any atom is 0.266 e. The van der Waals surface area contributed by atoms with E-state index in [1.165, 1.54) is 0 Å². The minimum atomic E-state index is -0.0894. The van der Waals surface area contributed by atoms with E-state index in [-0.39, 0.29) is 5.56 Å². The Morgan fingerprint density at radius 1 is 1.08 bits per heavy atom. The Hall–Kier alpha value is -3.02. The summed E-state index contributed by atoms with van der Waals surface area (Å²) in [4.78, 5) is 21.9. The summed E-state index contributed by atoms with van der Waals surface area (Å²) in [7, 11) is 0. The molecule has 24 heavy (non-hydrogen) atoms. The fourth-order valence-electron chi connectivity index (χ4n) is 3.12. The molecule has 6 heteroatoms. The number of hydrogen-bond donors (Lipinski definition) is 0. The minimum Gasteiger partial charge on any atom is -0.283 e. The zero-order chi connectivity index (χ0) is 16.8. The van der Waals surface area contributed by atoms with Gasteiger partial charge in [-0.2, -0.15) is 9.50 Å². The Morgan fingerprint density at radius 2 is 1.88 bits per heavy atom. The summed E-state index contributed by atoms with van der Waals surface area (Å²) in [6.45, 7) is 5.73. The lowest BCUT2D eigenvalue weighted by atomic mass is 10.1. The van der Waals surface area contributed by atoms with E-state index < -0.39 is 0 Å². The molecule has 4 rings (SSSR count). The third kappa shape index (κ3) is 2.03. The molecule has 3 heterocycles. The maximum atomic E-state index is 13.1. The van der Waals surface area contributed by atoms with Crippen molar-refractivity contribution in [1.82, 2.24) is 24.1 Å². The van der Waals surface area contributed by atoms with Gasteiger partial charge >= 0.3 is 0 Å². The van der Waals surface area contributed by atoms with Crippen LogP contribution in [0.2, 0.25) is 0 Å². The zero-order valence-corrected chi connectivity index (χ0v) is 13.8. The van der Waals surface area contributed by atoms with Crippen LogP contribution in [-0.4, -0.2) is 24.1 Å². The predicted octanol–water partition coefficient (Wildman–Crippen LogP) is 2.61. The van der Waals surface area contributed by atoms with Gasteiger partial charge in [0.25, 0.3) is 11.3 Å². The molecule has 0 spiro atoms. The second kappa shape index (κ2) is 5.26. The fraction of sp³-hybridized carbons (Fsp3) is 0.222. The third-order valence-corrected chi connectivity index (χ3v) is 4.26. The number of hydrogen-bond acceptors (Lipinski definition) is 4. The molecule has 0 bridgehead atoms. The number of benzene rings is 1. The molecule has 0 fully saturated rings. The highest BCUT2D eigenvalue weighted by Gasteiger charge is 2.14. The van der Waals surface area contributed by atoms with Crippen LogP contribution in [0.15, 0.2) is 41.3 Å². The van der Waals surface area contributed by atoms with E-state index in [1.807, 2.05) is 44.2 Å². The Bertz CT molecular complexity index is 1140. The average Bonchev–Trinajstić information content (AvgIpc) is 2.95. The molecule has 0 N–H and O–H groups in total. The van der Waals surface area contributed by atoms with Crippen LogP contribution in [0.5, 0.6) is 0 Å². The quantitative estimate of drug-likeness (QED) is 0.570. The van der Waals surface area contributed by atoms with Crippen molar-refractivity contribution >= 4 is 16.7 Å². The van der Waals surface area contributed by atoms with Gasteiger partial charge in [0.1, 0.15) is 5.82 Å². The van der Waals surface area contributed by atoms with Crippen LogP contribution in [-0.2, 0) is 6.42 Å². The van der Waals surface area contributed by atoms with E-state index in [1.54, 1.807) is 15.3 Å². The average molecular weight is 319 g/mol. The van der Waals surface area contributed by atoms with Gasteiger partial charge in [-0.1, -0.05) is 25.1 Å². The standard InChI is InChI=1S/C18H17N5O/c1-4-13-7-5-6-8-14(13)22-10-9-15-16(17(22)24)11(2)19-18-20-12(3)21-23(15)18/h5-10H,4H2,1-3H3. The van der Waals surface area contributed by atoms with E-state index in [9.17, 15) is 4.79 Å². The van der Waals surface area contributed by atoms with Gasteiger partial charge in [0.05, 0.1) is 22.3 Å². The first-order valence-corrected chi connectivity index (χ1v) is 7.93. The van der Waals surface area contributed by atoms with Gasteiger partial charge in [-0.15, -0.1) is 5.10 Å². The summed E-state index contributed by atoms with van der Waals surface area (Å²) in [5, 5.41) is 4.92. The molecule has 120 valence electrons. The van der Waals surface area contributed by atoms with Crippen molar-refractivity contribution < 1.29 is 0 Å². The third-order valence-electron chi connectivity index (χ3n) is 4.26. The topological polar surface area (TPSA) is 65.1 Å². The Kier molecular flexibility index (Phi) is 3.19. The van der Waals surface area contributed by atoms with Crippen LogP contribution in [0.4, 0.5) is 0 Å². The molecule has 0 unspecified atom stereocenters. The number of aromatic nitrogens is 5. The summed E-state index contributed by atoms with van der Waals surface area (Å²) in [5.74, 6) is 1.15. The van der Waals surface area contributed by atoms with Gasteiger partial charge in [-0.25, -0.2) is 4.98 Å². The summed E-state index contributed by atoms with van der Waals surface area (Å²) >= 11 is 0. The van der Waals surface area contributed by atoms with Crippen LogP contribution < -0.4 is 5.56 Å². The molecule has 0 aliphatic carbocycles. The lowest BCUT2D eigenvalue weighted by molar-refractivity contribution is 0.926. The van der Waals surface area contributed by atoms with E-state index in [4.69, 9.17) is 0 Å². The number of fused-ring (bicyclic) bond motifs is 3. The van der Waals surface area contributed by atoms with E-state index >= 15 is 0 Å². The molecule has 1 aromatic carbocycles. The van der Waals surface area contributed by atoms with Gasteiger partial charge in [-0.3, -0.25) is 9.36 Å². The number of rotatable bonds is 2. The van der Waals surface area contributed by atoms with Crippen molar-refractivity contribution in [3.8, 4) is 5.69 Å². The zero-order valence-electron chi connectivity index (χ0n) is 13.8. The second-order valence-corrected chi connectivity index (χ2v) is 5.80. The molecular formula is C18H17N5O. The normalized spacial score (nSPS) is 11.5. The van der Waals surface area contributed by atoms with Gasteiger partial charge in [-0.05, 0) is 38.0 Å². The van der Waals surface area contributed by atoms with E-state index in [0.29, 0.717) is 22.7 Å². The molecule has 4 aromatic rings. The first kappa shape index (κ1) is 14.6. The highest BCUT2D eigenvalue weighted by molar-refractivity contribution is 5.82. The van der Waals surface area contributed by atoms with Gasteiger partial charge < -0.3 is 0 Å². The van der Waals surface area contributed by atoms with Gasteiger partial charge in [0.15, 0.2) is 0 Å². The molecule has 0 radical (unpaired) electrons. The Labute approximate surface area is 138 Å². The molecule has 0 amide bonds. The van der Waals surface area contributed by atoms with Crippen molar-refractivity contribution in [2.24, 2.45) is 0 Å². The molecular weight excluding hydrogens is 302 g/mol. The molecule has 0 saturated carbocycles. The Balaban J connectivity index is 2.11. The van der Waals surface area contributed by atoms with Crippen LogP contribution in [0.25, 0.3) is 22.4 Å². The van der Waals surface area contributed by atoms with Crippen LogP contribution in [0, 0.1) is 13.8 Å². The molecule has 0 atom stereocenters. The van der Waals surface area contributed by atoms with Crippen molar-refractivity contribution in [3.63, 3.8) is 0 Å². The van der Waals surface area contributed by atoms with Gasteiger partial charge in [0.2, 0.25) is 0 Å². The fourth-order valence-corrected chi connectivity index (χ4v) is 3.12. The van der Waals surface area contributed by atoms with Crippen LogP contribution in [0.1, 0.15) is 24.0 Å². The first-order valence-electron chi connectivity index (χ1n) is 7.93. The highest BCUT2D eigenvalue weighted by atomic mass is 16.1. The molecule has 6 nitrogen and oxygen atoms in total. The van der Waals surface area contributed by atoms with Crippen molar-refractivity contribution in [3.05, 3.63) is 64.0 Å². The number of aryl methyl sites for hydroxylation is 3. The number of pyridine rings is 1. The first-order chi connectivity index (χ1) is 11.6.